The van der Waals surface area contributed by atoms with Crippen molar-refractivity contribution in [2.24, 2.45) is 0 Å². The molecule has 0 spiro atoms. The number of aromatic amines is 1. The Balaban J connectivity index is 2.64. The Kier molecular flexibility index (Phi) is 3.29. The molecule has 0 bridgehead atoms. The molecule has 0 aliphatic carbocycles. The van der Waals surface area contributed by atoms with Crippen LogP contribution >= 0.6 is 0 Å². The highest BCUT2D eigenvalue weighted by Gasteiger charge is 2.14. The first-order valence-electron chi connectivity index (χ1n) is 5.96. The summed E-state index contributed by atoms with van der Waals surface area (Å²) in [6, 6.07) is 5.50. The highest BCUT2D eigenvalue weighted by atomic mass is 16.2. The number of H-pyrrole nitrogens is 1. The lowest BCUT2D eigenvalue weighted by atomic mass is 10.1. The van der Waals surface area contributed by atoms with Crippen LogP contribution in [0.1, 0.15) is 10.4 Å². The van der Waals surface area contributed by atoms with Gasteiger partial charge in [-0.15, -0.1) is 0 Å². The SMILES string of the molecule is CN(C)C(=O)c1c[nH]c2cc(N(C)C)ccc2c1=O. The molecule has 1 aromatic heterocycles. The molecular formula is C14H17N3O2. The Bertz CT molecular complexity index is 687. The molecule has 1 heterocycles. The average molecular weight is 259 g/mol. The number of aromatic nitrogens is 1. The van der Waals surface area contributed by atoms with Gasteiger partial charge in [-0.3, -0.25) is 9.59 Å². The molecule has 5 heteroatoms. The van der Waals surface area contributed by atoms with Crippen molar-refractivity contribution in [1.29, 1.82) is 0 Å². The maximum atomic E-state index is 12.3. The summed E-state index contributed by atoms with van der Waals surface area (Å²) < 4.78 is 0. The number of hydrogen-bond donors (Lipinski definition) is 1. The number of benzene rings is 1. The van der Waals surface area contributed by atoms with E-state index in [0.29, 0.717) is 5.39 Å². The lowest BCUT2D eigenvalue weighted by Crippen LogP contribution is -2.27. The van der Waals surface area contributed by atoms with Crippen LogP contribution < -0.4 is 10.3 Å². The van der Waals surface area contributed by atoms with Gasteiger partial charge < -0.3 is 14.8 Å². The minimum atomic E-state index is -0.292. The lowest BCUT2D eigenvalue weighted by molar-refractivity contribution is 0.0826. The summed E-state index contributed by atoms with van der Waals surface area (Å²) in [5, 5.41) is 0.526. The monoisotopic (exact) mass is 259 g/mol. The standard InChI is InChI=1S/C14H17N3O2/c1-16(2)9-5-6-10-12(7-9)15-8-11(13(10)18)14(19)17(3)4/h5-8H,1-4H3,(H,15,18). The number of pyridine rings is 1. The molecule has 2 aromatic rings. The largest absolute Gasteiger partial charge is 0.378 e. The second-order valence-electron chi connectivity index (χ2n) is 4.86. The van der Waals surface area contributed by atoms with Crippen LogP contribution in [0.5, 0.6) is 0 Å². The number of anilines is 1. The first-order chi connectivity index (χ1) is 8.91. The van der Waals surface area contributed by atoms with E-state index in [1.807, 2.05) is 31.1 Å². The molecule has 19 heavy (non-hydrogen) atoms. The molecule has 100 valence electrons. The number of nitrogens with zero attached hydrogens (tertiary/aromatic N) is 2. The van der Waals surface area contributed by atoms with Crippen LogP contribution in [-0.2, 0) is 0 Å². The molecule has 5 nitrogen and oxygen atoms in total. The number of carbonyl (C=O) groups is 1. The lowest BCUT2D eigenvalue weighted by Gasteiger charge is -2.13. The van der Waals surface area contributed by atoms with Gasteiger partial charge in [0.2, 0.25) is 5.43 Å². The Morgan fingerprint density at radius 2 is 1.84 bits per heavy atom. The van der Waals surface area contributed by atoms with Gasteiger partial charge in [0.1, 0.15) is 5.56 Å². The Morgan fingerprint density at radius 3 is 2.42 bits per heavy atom. The maximum Gasteiger partial charge on any atom is 0.258 e. The summed E-state index contributed by atoms with van der Waals surface area (Å²) in [6.45, 7) is 0. The van der Waals surface area contributed by atoms with Crippen LogP contribution in [-0.4, -0.2) is 44.0 Å². The number of hydrogen-bond acceptors (Lipinski definition) is 3. The van der Waals surface area contributed by atoms with E-state index in [4.69, 9.17) is 0 Å². The molecule has 0 saturated carbocycles. The molecular weight excluding hydrogens is 242 g/mol. The van der Waals surface area contributed by atoms with Gasteiger partial charge >= 0.3 is 0 Å². The molecule has 2 rings (SSSR count). The first kappa shape index (κ1) is 13.1. The number of fused-ring (bicyclic) bond motifs is 1. The summed E-state index contributed by atoms with van der Waals surface area (Å²) in [5.41, 5.74) is 1.65. The zero-order chi connectivity index (χ0) is 14.2. The fourth-order valence-electron chi connectivity index (χ4n) is 1.89. The number of rotatable bonds is 2. The fourth-order valence-corrected chi connectivity index (χ4v) is 1.89. The third kappa shape index (κ3) is 2.31. The van der Waals surface area contributed by atoms with E-state index in [9.17, 15) is 9.59 Å². The molecule has 0 fully saturated rings. The Morgan fingerprint density at radius 1 is 1.16 bits per heavy atom. The van der Waals surface area contributed by atoms with E-state index in [2.05, 4.69) is 4.98 Å². The van der Waals surface area contributed by atoms with Gasteiger partial charge in [-0.05, 0) is 18.2 Å². The van der Waals surface area contributed by atoms with Gasteiger partial charge in [0.15, 0.2) is 0 Å². The van der Waals surface area contributed by atoms with E-state index in [0.717, 1.165) is 11.2 Å². The van der Waals surface area contributed by atoms with E-state index in [1.54, 1.807) is 20.2 Å². The Labute approximate surface area is 111 Å². The minimum absolute atomic E-state index is 0.162. The van der Waals surface area contributed by atoms with Gasteiger partial charge in [0, 0.05) is 45.5 Å². The van der Waals surface area contributed by atoms with Crippen molar-refractivity contribution in [2.75, 3.05) is 33.1 Å². The summed E-state index contributed by atoms with van der Waals surface area (Å²) in [5.74, 6) is -0.292. The second-order valence-corrected chi connectivity index (χ2v) is 4.86. The zero-order valence-electron chi connectivity index (χ0n) is 11.5. The molecule has 1 aromatic carbocycles. The molecule has 0 unspecified atom stereocenters. The van der Waals surface area contributed by atoms with Crippen molar-refractivity contribution in [1.82, 2.24) is 9.88 Å². The molecule has 0 saturated heterocycles. The van der Waals surface area contributed by atoms with Crippen molar-refractivity contribution < 1.29 is 4.79 Å². The molecule has 1 amide bonds. The van der Waals surface area contributed by atoms with Crippen molar-refractivity contribution in [3.8, 4) is 0 Å². The minimum Gasteiger partial charge on any atom is -0.378 e. The summed E-state index contributed by atoms with van der Waals surface area (Å²) in [4.78, 5) is 30.5. The third-order valence-electron chi connectivity index (χ3n) is 3.02. The van der Waals surface area contributed by atoms with Gasteiger partial charge in [0.25, 0.3) is 5.91 Å². The van der Waals surface area contributed by atoms with Crippen molar-refractivity contribution in [3.05, 3.63) is 40.2 Å². The van der Waals surface area contributed by atoms with Gasteiger partial charge in [-0.2, -0.15) is 0 Å². The van der Waals surface area contributed by atoms with Crippen LogP contribution in [0.2, 0.25) is 0 Å². The zero-order valence-corrected chi connectivity index (χ0v) is 11.5. The predicted octanol–water partition coefficient (Wildman–Crippen LogP) is 1.30. The van der Waals surface area contributed by atoms with Crippen molar-refractivity contribution in [2.45, 2.75) is 0 Å². The normalized spacial score (nSPS) is 10.5. The van der Waals surface area contributed by atoms with Crippen molar-refractivity contribution >= 4 is 22.5 Å². The van der Waals surface area contributed by atoms with E-state index in [1.165, 1.54) is 11.1 Å². The van der Waals surface area contributed by atoms with Crippen LogP contribution in [0, 0.1) is 0 Å². The summed E-state index contributed by atoms with van der Waals surface area (Å²) in [7, 11) is 7.12. The third-order valence-corrected chi connectivity index (χ3v) is 3.02. The van der Waals surface area contributed by atoms with E-state index in [-0.39, 0.29) is 16.9 Å². The van der Waals surface area contributed by atoms with Crippen LogP contribution in [0.15, 0.2) is 29.2 Å². The van der Waals surface area contributed by atoms with Gasteiger partial charge in [0.05, 0.1) is 5.52 Å². The summed E-state index contributed by atoms with van der Waals surface area (Å²) >= 11 is 0. The van der Waals surface area contributed by atoms with Gasteiger partial charge in [-0.1, -0.05) is 0 Å². The highest BCUT2D eigenvalue weighted by molar-refractivity contribution is 5.97. The Hall–Kier alpha value is -2.30. The summed E-state index contributed by atoms with van der Waals surface area (Å²) in [6.07, 6.45) is 1.48. The number of nitrogens with one attached hydrogen (secondary N) is 1. The molecule has 0 aliphatic heterocycles. The highest BCUT2D eigenvalue weighted by Crippen LogP contribution is 2.17. The van der Waals surface area contributed by atoms with E-state index < -0.39 is 0 Å². The molecule has 1 N–H and O–H groups in total. The van der Waals surface area contributed by atoms with E-state index >= 15 is 0 Å². The van der Waals surface area contributed by atoms with Crippen LogP contribution in [0.25, 0.3) is 10.9 Å². The smallest absolute Gasteiger partial charge is 0.258 e. The topological polar surface area (TPSA) is 56.4 Å². The van der Waals surface area contributed by atoms with Crippen molar-refractivity contribution in [3.63, 3.8) is 0 Å². The first-order valence-corrected chi connectivity index (χ1v) is 5.96. The average Bonchev–Trinajstić information content (AvgIpc) is 2.37. The van der Waals surface area contributed by atoms with Crippen LogP contribution in [0.3, 0.4) is 0 Å². The quantitative estimate of drug-likeness (QED) is 0.884. The predicted molar refractivity (Wildman–Crippen MR) is 76.9 cm³/mol. The number of carbonyl (C=O) groups excluding carboxylic acids is 1. The second kappa shape index (κ2) is 4.76. The fraction of sp³-hybridized carbons (Fsp3) is 0.286. The van der Waals surface area contributed by atoms with Crippen LogP contribution in [0.4, 0.5) is 5.69 Å². The van der Waals surface area contributed by atoms with Gasteiger partial charge in [-0.25, -0.2) is 0 Å². The maximum absolute atomic E-state index is 12.3. The molecule has 0 atom stereocenters. The molecule has 0 aliphatic rings. The number of amides is 1. The molecule has 0 radical (unpaired) electrons.